The van der Waals surface area contributed by atoms with Crippen molar-refractivity contribution in [1.29, 1.82) is 0 Å². The van der Waals surface area contributed by atoms with Gasteiger partial charge >= 0.3 is 11.9 Å². The molecule has 6 N–H and O–H groups in total. The Hall–Kier alpha value is -3.63. The Labute approximate surface area is 313 Å². The standard InChI is InChI=1S/C38H63N3O12/c42-23-27-50-26-22-40-36(30-43)53-29-28-51-25-21-39-34(44)20-19-33(38(48)49)41-35(45)14-12-10-8-6-4-2-1-3-5-7-9-11-13-24-52-32-17-15-31(16-18-32)37(46)47/h15-18,30,33,36,40,42H,1-14,19-29H2,(H,39,44)(H,41,45)(H,46,47)(H,48,49)/t33-,36?/m0/s1. The Balaban J connectivity index is 1.94. The Morgan fingerprint density at radius 2 is 1.25 bits per heavy atom. The zero-order chi connectivity index (χ0) is 38.8. The van der Waals surface area contributed by atoms with Crippen molar-refractivity contribution in [3.05, 3.63) is 29.8 Å². The third-order valence-corrected chi connectivity index (χ3v) is 8.26. The highest BCUT2D eigenvalue weighted by molar-refractivity contribution is 5.87. The number of unbranched alkanes of at least 4 members (excludes halogenated alkanes) is 12. The molecule has 0 aromatic heterocycles. The molecule has 1 aromatic rings. The monoisotopic (exact) mass is 753 g/mol. The summed E-state index contributed by atoms with van der Waals surface area (Å²) >= 11 is 0. The number of carbonyl (C=O) groups is 5. The van der Waals surface area contributed by atoms with Crippen LogP contribution < -0.4 is 20.7 Å². The molecule has 2 amide bonds. The Bertz CT molecular complexity index is 1120. The lowest BCUT2D eigenvalue weighted by atomic mass is 10.0. The molecular weight excluding hydrogens is 690 g/mol. The molecule has 0 spiro atoms. The summed E-state index contributed by atoms with van der Waals surface area (Å²) in [6.45, 7) is 2.28. The number of aliphatic hydroxyl groups is 1. The SMILES string of the molecule is O=CC(NCCOCCO)OCCOCCNC(=O)CC[C@H](NC(=O)CCCCCCCCCCCCCCCOc1ccc(C(=O)O)cc1)C(=O)O. The van der Waals surface area contributed by atoms with E-state index in [0.29, 0.717) is 38.2 Å². The third kappa shape index (κ3) is 27.6. The Morgan fingerprint density at radius 3 is 1.83 bits per heavy atom. The van der Waals surface area contributed by atoms with Crippen molar-refractivity contribution in [2.24, 2.45) is 0 Å². The van der Waals surface area contributed by atoms with Crippen LogP contribution in [0.5, 0.6) is 5.75 Å². The minimum atomic E-state index is -1.18. The third-order valence-electron chi connectivity index (χ3n) is 8.26. The molecule has 15 nitrogen and oxygen atoms in total. The Kier molecular flexibility index (Phi) is 29.5. The number of aldehydes is 1. The molecule has 0 radical (unpaired) electrons. The van der Waals surface area contributed by atoms with Gasteiger partial charge in [-0.25, -0.2) is 9.59 Å². The topological polar surface area (TPSA) is 219 Å². The fourth-order valence-corrected chi connectivity index (χ4v) is 5.29. The fraction of sp³-hybridized carbons (Fsp3) is 0.711. The quantitative estimate of drug-likeness (QED) is 0.0324. The number of hydrogen-bond donors (Lipinski definition) is 6. The number of rotatable bonds is 37. The fourth-order valence-electron chi connectivity index (χ4n) is 5.29. The van der Waals surface area contributed by atoms with Gasteiger partial charge in [-0.05, 0) is 43.5 Å². The van der Waals surface area contributed by atoms with Gasteiger partial charge in [0.15, 0.2) is 12.5 Å². The van der Waals surface area contributed by atoms with Crippen LogP contribution in [0.3, 0.4) is 0 Å². The molecule has 2 atom stereocenters. The molecule has 15 heteroatoms. The van der Waals surface area contributed by atoms with Crippen LogP contribution in [0.2, 0.25) is 0 Å². The van der Waals surface area contributed by atoms with Crippen LogP contribution in [0, 0.1) is 0 Å². The molecule has 0 saturated heterocycles. The van der Waals surface area contributed by atoms with Crippen LogP contribution in [-0.2, 0) is 33.4 Å². The summed E-state index contributed by atoms with van der Waals surface area (Å²) in [5.74, 6) is -2.09. The number of nitrogens with one attached hydrogen (secondary N) is 3. The van der Waals surface area contributed by atoms with Gasteiger partial charge in [0.1, 0.15) is 11.8 Å². The number of benzene rings is 1. The van der Waals surface area contributed by atoms with Gasteiger partial charge in [0, 0.05) is 25.9 Å². The van der Waals surface area contributed by atoms with Crippen LogP contribution in [-0.4, -0.2) is 117 Å². The van der Waals surface area contributed by atoms with E-state index in [0.717, 1.165) is 32.1 Å². The van der Waals surface area contributed by atoms with Gasteiger partial charge in [-0.1, -0.05) is 70.6 Å². The molecule has 302 valence electrons. The lowest BCUT2D eigenvalue weighted by Crippen LogP contribution is -2.41. The van der Waals surface area contributed by atoms with E-state index in [1.807, 2.05) is 0 Å². The molecule has 0 heterocycles. The van der Waals surface area contributed by atoms with Gasteiger partial charge in [-0.15, -0.1) is 0 Å². The summed E-state index contributed by atoms with van der Waals surface area (Å²) in [4.78, 5) is 58.0. The predicted molar refractivity (Wildman–Crippen MR) is 198 cm³/mol. The van der Waals surface area contributed by atoms with E-state index in [-0.39, 0.29) is 76.2 Å². The first-order valence-electron chi connectivity index (χ1n) is 19.1. The summed E-state index contributed by atoms with van der Waals surface area (Å²) in [7, 11) is 0. The number of ether oxygens (including phenoxy) is 4. The normalized spacial score (nSPS) is 12.2. The van der Waals surface area contributed by atoms with Crippen molar-refractivity contribution < 1.29 is 58.2 Å². The molecule has 0 aliphatic carbocycles. The highest BCUT2D eigenvalue weighted by Gasteiger charge is 2.20. The number of aromatic carboxylic acids is 1. The summed E-state index contributed by atoms with van der Waals surface area (Å²) < 4.78 is 21.5. The zero-order valence-electron chi connectivity index (χ0n) is 31.2. The number of amides is 2. The second-order valence-electron chi connectivity index (χ2n) is 12.7. The van der Waals surface area contributed by atoms with Crippen molar-refractivity contribution in [3.8, 4) is 5.75 Å². The number of aliphatic hydroxyl groups excluding tert-OH is 1. The lowest BCUT2D eigenvalue weighted by molar-refractivity contribution is -0.142. The van der Waals surface area contributed by atoms with Crippen LogP contribution in [0.15, 0.2) is 24.3 Å². The van der Waals surface area contributed by atoms with Crippen molar-refractivity contribution in [2.75, 3.05) is 59.3 Å². The molecule has 0 fully saturated rings. The van der Waals surface area contributed by atoms with Gasteiger partial charge in [0.2, 0.25) is 11.8 Å². The molecule has 0 bridgehead atoms. The first kappa shape index (κ1) is 47.4. The minimum Gasteiger partial charge on any atom is -0.494 e. The second kappa shape index (κ2) is 33.0. The summed E-state index contributed by atoms with van der Waals surface area (Å²) in [6.07, 6.45) is 14.3. The minimum absolute atomic E-state index is 0.0180. The van der Waals surface area contributed by atoms with Gasteiger partial charge in [-0.3, -0.25) is 19.7 Å². The van der Waals surface area contributed by atoms with Gasteiger partial charge in [-0.2, -0.15) is 0 Å². The van der Waals surface area contributed by atoms with Gasteiger partial charge in [0.05, 0.1) is 51.8 Å². The van der Waals surface area contributed by atoms with Crippen molar-refractivity contribution >= 4 is 30.0 Å². The molecule has 1 unspecified atom stereocenters. The number of carboxylic acids is 2. The lowest BCUT2D eigenvalue weighted by Gasteiger charge is -2.15. The Morgan fingerprint density at radius 1 is 0.660 bits per heavy atom. The molecule has 53 heavy (non-hydrogen) atoms. The number of hydrogen-bond acceptors (Lipinski definition) is 11. The molecule has 1 aromatic carbocycles. The van der Waals surface area contributed by atoms with Crippen LogP contribution >= 0.6 is 0 Å². The van der Waals surface area contributed by atoms with E-state index < -0.39 is 24.2 Å². The van der Waals surface area contributed by atoms with E-state index >= 15 is 0 Å². The first-order chi connectivity index (χ1) is 25.8. The number of carboxylic acid groups (broad SMARTS) is 2. The van der Waals surface area contributed by atoms with E-state index in [1.165, 1.54) is 44.9 Å². The van der Waals surface area contributed by atoms with Gasteiger partial charge in [0.25, 0.3) is 0 Å². The maximum Gasteiger partial charge on any atom is 0.335 e. The van der Waals surface area contributed by atoms with E-state index in [2.05, 4.69) is 16.0 Å². The van der Waals surface area contributed by atoms with Crippen molar-refractivity contribution in [1.82, 2.24) is 16.0 Å². The smallest absolute Gasteiger partial charge is 0.335 e. The molecular formula is C38H63N3O12. The summed E-state index contributed by atoms with van der Waals surface area (Å²) in [5.41, 5.74) is 0.254. The van der Waals surface area contributed by atoms with Crippen molar-refractivity contribution in [3.63, 3.8) is 0 Å². The predicted octanol–water partition coefficient (Wildman–Crippen LogP) is 3.85. The van der Waals surface area contributed by atoms with Crippen LogP contribution in [0.1, 0.15) is 113 Å². The largest absolute Gasteiger partial charge is 0.494 e. The molecule has 1 rings (SSSR count). The summed E-state index contributed by atoms with van der Waals surface area (Å²) in [5, 5.41) is 35.1. The average Bonchev–Trinajstić information content (AvgIpc) is 3.14. The average molecular weight is 754 g/mol. The molecule has 0 aliphatic rings. The van der Waals surface area contributed by atoms with E-state index in [1.54, 1.807) is 24.3 Å². The zero-order valence-corrected chi connectivity index (χ0v) is 31.2. The first-order valence-corrected chi connectivity index (χ1v) is 19.1. The van der Waals surface area contributed by atoms with E-state index in [4.69, 9.17) is 29.2 Å². The van der Waals surface area contributed by atoms with Crippen LogP contribution in [0.4, 0.5) is 0 Å². The maximum atomic E-state index is 12.3. The van der Waals surface area contributed by atoms with E-state index in [9.17, 15) is 29.1 Å². The second-order valence-corrected chi connectivity index (χ2v) is 12.7. The molecule has 0 aliphatic heterocycles. The number of aliphatic carboxylic acids is 1. The van der Waals surface area contributed by atoms with Crippen LogP contribution in [0.25, 0.3) is 0 Å². The highest BCUT2D eigenvalue weighted by atomic mass is 16.5. The van der Waals surface area contributed by atoms with Gasteiger partial charge < -0.3 is 44.9 Å². The maximum absolute atomic E-state index is 12.3. The highest BCUT2D eigenvalue weighted by Crippen LogP contribution is 2.15. The van der Waals surface area contributed by atoms with Crippen molar-refractivity contribution in [2.45, 2.75) is 115 Å². The summed E-state index contributed by atoms with van der Waals surface area (Å²) in [6, 6.07) is 5.34. The number of carbonyl (C=O) groups excluding carboxylic acids is 3. The molecule has 0 saturated carbocycles.